The molecule has 22 nitrogen and oxygen atoms in total. The van der Waals surface area contributed by atoms with E-state index in [-0.39, 0.29) is 78.3 Å². The Balaban J connectivity index is 0. The molecule has 74 heavy (non-hydrogen) atoms. The van der Waals surface area contributed by atoms with Gasteiger partial charge in [-0.15, -0.1) is 0 Å². The summed E-state index contributed by atoms with van der Waals surface area (Å²) in [6.07, 6.45) is 3.56. The van der Waals surface area contributed by atoms with E-state index in [1.807, 2.05) is 20.0 Å². The minimum absolute atomic E-state index is 0.104. The van der Waals surface area contributed by atoms with Crippen LogP contribution in [0.4, 0.5) is 0 Å². The zero-order valence-corrected chi connectivity index (χ0v) is 50.7. The van der Waals surface area contributed by atoms with Crippen LogP contribution < -0.4 is 0 Å². The summed E-state index contributed by atoms with van der Waals surface area (Å²) in [5.74, 6) is -0.712. The number of esters is 6. The standard InChI is InChI=1S/C25H47O11PSSi.C21H39O11PSSi/c1-8-22(26)32-19-25(9-2,20-33-23(27)13-15-37(29,35-10-3)36-11-4)21-34-24(28)14-17-38-16-12-18-39(7,30-5)31-6;1-6-18(22)30-15-21(7-2,16-31-19(23)9-11-33(25,26)27)17-32-20(24)10-13-34-12-8-14-35(5,28-3)29-4/h8H,1,9-21H2,2-7H3;6H,1,7-17H2,2-5H3,(H2,25,26,27). The Labute approximate surface area is 449 Å². The molecule has 28 heteroatoms. The van der Waals surface area contributed by atoms with Gasteiger partial charge in [0.15, 0.2) is 0 Å². The van der Waals surface area contributed by atoms with Crippen molar-refractivity contribution in [3.63, 3.8) is 0 Å². The second kappa shape index (κ2) is 40.7. The Morgan fingerprint density at radius 3 is 1.11 bits per heavy atom. The highest BCUT2D eigenvalue weighted by Gasteiger charge is 2.36. The summed E-state index contributed by atoms with van der Waals surface area (Å²) < 4.78 is 87.5. The lowest BCUT2D eigenvalue weighted by Crippen LogP contribution is -2.39. The monoisotopic (exact) mass is 1170 g/mol. The van der Waals surface area contributed by atoms with Gasteiger partial charge in [0.25, 0.3) is 0 Å². The lowest BCUT2D eigenvalue weighted by atomic mass is 9.88. The molecule has 0 saturated heterocycles. The van der Waals surface area contributed by atoms with Crippen LogP contribution in [-0.2, 0) is 93.1 Å². The van der Waals surface area contributed by atoms with Gasteiger partial charge in [0, 0.05) is 52.1 Å². The van der Waals surface area contributed by atoms with Gasteiger partial charge in [-0.05, 0) is 76.2 Å². The van der Waals surface area contributed by atoms with E-state index >= 15 is 0 Å². The van der Waals surface area contributed by atoms with Gasteiger partial charge in [0.05, 0.1) is 62.1 Å². The fraction of sp³-hybridized carbons (Fsp3) is 0.783. The summed E-state index contributed by atoms with van der Waals surface area (Å²) in [4.78, 5) is 90.0. The normalized spacial score (nSPS) is 13.5. The van der Waals surface area contributed by atoms with Gasteiger partial charge < -0.3 is 65.0 Å². The van der Waals surface area contributed by atoms with Crippen molar-refractivity contribution in [3.8, 4) is 0 Å². The van der Waals surface area contributed by atoms with Crippen molar-refractivity contribution in [2.45, 2.75) is 104 Å². The Hall–Kier alpha value is -2.43. The van der Waals surface area contributed by atoms with E-state index in [0.717, 1.165) is 48.6 Å². The number of rotatable bonds is 44. The van der Waals surface area contributed by atoms with Crippen molar-refractivity contribution in [2.24, 2.45) is 10.8 Å². The Morgan fingerprint density at radius 2 is 0.824 bits per heavy atom. The maximum atomic E-state index is 12.6. The molecule has 0 bridgehead atoms. The van der Waals surface area contributed by atoms with E-state index in [0.29, 0.717) is 24.3 Å². The van der Waals surface area contributed by atoms with E-state index in [1.54, 1.807) is 72.7 Å². The first-order valence-corrected chi connectivity index (χ1v) is 35.2. The van der Waals surface area contributed by atoms with Gasteiger partial charge in [-0.1, -0.05) is 27.0 Å². The molecule has 432 valence electrons. The Bertz CT molecular complexity index is 1760. The number of ether oxygens (including phenoxy) is 6. The van der Waals surface area contributed by atoms with Crippen LogP contribution in [0.1, 0.15) is 79.1 Å². The van der Waals surface area contributed by atoms with Crippen LogP contribution >= 0.6 is 38.7 Å². The van der Waals surface area contributed by atoms with Crippen molar-refractivity contribution in [1.82, 2.24) is 0 Å². The summed E-state index contributed by atoms with van der Waals surface area (Å²) in [7, 11) is -5.28. The number of thioether (sulfide) groups is 2. The number of hydrogen-bond donors (Lipinski definition) is 2. The molecule has 0 aliphatic heterocycles. The molecule has 0 radical (unpaired) electrons. The van der Waals surface area contributed by atoms with Crippen LogP contribution in [0.15, 0.2) is 25.3 Å². The Morgan fingerprint density at radius 1 is 0.514 bits per heavy atom. The molecule has 0 saturated carbocycles. The quantitative estimate of drug-likeness (QED) is 0.0150. The minimum atomic E-state index is -4.34. The van der Waals surface area contributed by atoms with Crippen LogP contribution in [0.3, 0.4) is 0 Å². The maximum Gasteiger partial charge on any atom is 0.334 e. The van der Waals surface area contributed by atoms with Gasteiger partial charge in [0.1, 0.15) is 39.6 Å². The molecule has 2 N–H and O–H groups in total. The van der Waals surface area contributed by atoms with Gasteiger partial charge >= 0.3 is 68.1 Å². The van der Waals surface area contributed by atoms with Crippen molar-refractivity contribution in [2.75, 3.05) is 117 Å². The van der Waals surface area contributed by atoms with Crippen molar-refractivity contribution < 1.29 is 103 Å². The van der Waals surface area contributed by atoms with E-state index in [2.05, 4.69) is 13.2 Å². The average Bonchev–Trinajstić information content (AvgIpc) is 3.38. The van der Waals surface area contributed by atoms with Crippen LogP contribution in [0, 0.1) is 10.8 Å². The van der Waals surface area contributed by atoms with Crippen molar-refractivity contribution in [1.29, 1.82) is 0 Å². The molecular weight excluding hydrogens is 1090 g/mol. The lowest BCUT2D eigenvalue weighted by molar-refractivity contribution is -0.162. The van der Waals surface area contributed by atoms with Gasteiger partial charge in [-0.25, -0.2) is 9.59 Å². The van der Waals surface area contributed by atoms with Crippen LogP contribution in [-0.4, -0.2) is 179 Å². The summed E-state index contributed by atoms with van der Waals surface area (Å²) in [6.45, 7) is 17.0. The summed E-state index contributed by atoms with van der Waals surface area (Å²) >= 11 is 3.26. The average molecular weight is 1170 g/mol. The highest BCUT2D eigenvalue weighted by atomic mass is 32.2. The molecule has 0 fully saturated rings. The molecule has 0 rings (SSSR count). The summed E-state index contributed by atoms with van der Waals surface area (Å²) in [6, 6.07) is 1.72. The largest absolute Gasteiger partial charge is 0.465 e. The fourth-order valence-corrected chi connectivity index (χ4v) is 12.8. The highest BCUT2D eigenvalue weighted by Crippen LogP contribution is 2.48. The summed E-state index contributed by atoms with van der Waals surface area (Å²) in [5.41, 5.74) is -1.95. The van der Waals surface area contributed by atoms with Crippen LogP contribution in [0.25, 0.3) is 0 Å². The van der Waals surface area contributed by atoms with E-state index in [4.69, 9.17) is 65.0 Å². The topological polar surface area (TPSA) is 288 Å². The van der Waals surface area contributed by atoms with Crippen LogP contribution in [0.2, 0.25) is 25.2 Å². The second-order valence-electron chi connectivity index (χ2n) is 17.0. The smallest absolute Gasteiger partial charge is 0.334 e. The Kier molecular flexibility index (Phi) is 40.5. The van der Waals surface area contributed by atoms with Crippen molar-refractivity contribution in [3.05, 3.63) is 25.3 Å². The predicted octanol–water partition coefficient (Wildman–Crippen LogP) is 7.38. The third-order valence-corrected chi connectivity index (χ3v) is 22.3. The molecule has 0 aliphatic carbocycles. The van der Waals surface area contributed by atoms with Crippen molar-refractivity contribution >= 4 is 91.7 Å². The molecule has 0 aliphatic rings. The number of carbonyl (C=O) groups is 6. The molecule has 2 unspecified atom stereocenters. The van der Waals surface area contributed by atoms with E-state index < -0.39 is 91.5 Å². The van der Waals surface area contributed by atoms with E-state index in [9.17, 15) is 37.9 Å². The van der Waals surface area contributed by atoms with Crippen LogP contribution in [0.5, 0.6) is 0 Å². The number of hydrogen-bond acceptors (Lipinski definition) is 22. The molecular formula is C46H86O22P2S2Si2. The molecule has 0 aromatic rings. The zero-order chi connectivity index (χ0) is 56.7. The highest BCUT2D eigenvalue weighted by molar-refractivity contribution is 7.99. The lowest BCUT2D eigenvalue weighted by Gasteiger charge is -2.31. The third kappa shape index (κ3) is 35.8. The molecule has 2 atom stereocenters. The van der Waals surface area contributed by atoms with Gasteiger partial charge in [-0.3, -0.25) is 28.3 Å². The zero-order valence-electron chi connectivity index (χ0n) is 45.3. The SMILES string of the molecule is C=CC(=O)OCC(CC)(COC(=O)CCSCCC[Si](C)(OC)OC)COC(=O)CCP(=O)(O)O.C=CC(=O)OCC(CC)(COC(=O)CCSCCC[Si](C)(OC)OC)COC(=O)CCP(=O)(OCC)OCC. The first kappa shape index (κ1) is 73.6. The summed E-state index contributed by atoms with van der Waals surface area (Å²) in [5, 5.41) is 0. The van der Waals surface area contributed by atoms with E-state index in [1.165, 1.54) is 0 Å². The first-order chi connectivity index (χ1) is 34.8. The molecule has 0 amide bonds. The minimum Gasteiger partial charge on any atom is -0.465 e. The molecule has 0 aromatic carbocycles. The van der Waals surface area contributed by atoms with Gasteiger partial charge in [0.2, 0.25) is 0 Å². The molecule has 0 heterocycles. The molecule has 0 spiro atoms. The maximum absolute atomic E-state index is 12.6. The fourth-order valence-electron chi connectivity index (χ4n) is 5.76. The first-order valence-electron chi connectivity index (χ1n) is 24.3. The molecule has 0 aromatic heterocycles. The number of carbonyl (C=O) groups excluding carboxylic acids is 6. The third-order valence-electron chi connectivity index (χ3n) is 11.3. The van der Waals surface area contributed by atoms with Gasteiger partial charge in [-0.2, -0.15) is 23.5 Å². The second-order valence-corrected chi connectivity index (χ2v) is 30.6. The predicted molar refractivity (Wildman–Crippen MR) is 287 cm³/mol.